The second-order valence-corrected chi connectivity index (χ2v) is 9.64. The molecule has 0 aliphatic carbocycles. The number of nitrogens with zero attached hydrogens (tertiary/aromatic N) is 2. The zero-order chi connectivity index (χ0) is 15.8. The molecule has 5 nitrogen and oxygen atoms in total. The van der Waals surface area contributed by atoms with Crippen LogP contribution in [0.1, 0.15) is 23.6 Å². The lowest BCUT2D eigenvalue weighted by atomic mass is 10.1. The van der Waals surface area contributed by atoms with Crippen LogP contribution in [0.4, 0.5) is 0 Å². The maximum absolute atomic E-state index is 12.7. The minimum Gasteiger partial charge on any atom is -0.389 e. The lowest BCUT2D eigenvalue weighted by molar-refractivity contribution is 0.0263. The zero-order valence-electron chi connectivity index (χ0n) is 13.1. The fourth-order valence-electron chi connectivity index (χ4n) is 2.68. The Morgan fingerprint density at radius 3 is 2.24 bits per heavy atom. The molecular formula is C14H24N2O3S2. The van der Waals surface area contributed by atoms with Crippen molar-refractivity contribution in [3.8, 4) is 0 Å². The maximum Gasteiger partial charge on any atom is 0.244 e. The lowest BCUT2D eigenvalue weighted by Crippen LogP contribution is -2.51. The molecule has 0 radical (unpaired) electrons. The van der Waals surface area contributed by atoms with Crippen molar-refractivity contribution in [2.24, 2.45) is 0 Å². The summed E-state index contributed by atoms with van der Waals surface area (Å²) < 4.78 is 26.9. The van der Waals surface area contributed by atoms with Gasteiger partial charge in [-0.15, -0.1) is 11.3 Å². The molecule has 0 spiro atoms. The van der Waals surface area contributed by atoms with Gasteiger partial charge in [0.1, 0.15) is 0 Å². The highest BCUT2D eigenvalue weighted by Gasteiger charge is 2.31. The van der Waals surface area contributed by atoms with E-state index in [1.807, 2.05) is 13.8 Å². The molecule has 0 saturated carbocycles. The molecule has 1 N–H and O–H groups in total. The largest absolute Gasteiger partial charge is 0.389 e. The fourth-order valence-corrected chi connectivity index (χ4v) is 5.62. The predicted molar refractivity (Wildman–Crippen MR) is 85.3 cm³/mol. The summed E-state index contributed by atoms with van der Waals surface area (Å²) in [7, 11) is -3.38. The first kappa shape index (κ1) is 16.9. The first-order valence-electron chi connectivity index (χ1n) is 7.11. The van der Waals surface area contributed by atoms with E-state index < -0.39 is 15.6 Å². The summed E-state index contributed by atoms with van der Waals surface area (Å²) >= 11 is 1.52. The molecule has 120 valence electrons. The first-order valence-corrected chi connectivity index (χ1v) is 9.37. The Bertz CT molecular complexity index is 594. The second kappa shape index (κ2) is 5.96. The summed E-state index contributed by atoms with van der Waals surface area (Å²) in [5.41, 5.74) is -0.748. The van der Waals surface area contributed by atoms with Gasteiger partial charge in [-0.25, -0.2) is 8.42 Å². The van der Waals surface area contributed by atoms with E-state index in [0.717, 1.165) is 9.75 Å². The van der Waals surface area contributed by atoms with Gasteiger partial charge >= 0.3 is 0 Å². The van der Waals surface area contributed by atoms with Crippen molar-refractivity contribution in [3.63, 3.8) is 0 Å². The van der Waals surface area contributed by atoms with Gasteiger partial charge < -0.3 is 5.11 Å². The lowest BCUT2D eigenvalue weighted by Gasteiger charge is -2.36. The molecule has 1 aromatic heterocycles. The third-order valence-corrected chi connectivity index (χ3v) is 6.68. The highest BCUT2D eigenvalue weighted by atomic mass is 32.2. The van der Waals surface area contributed by atoms with Crippen LogP contribution in [-0.4, -0.2) is 61.1 Å². The summed E-state index contributed by atoms with van der Waals surface area (Å²) in [4.78, 5) is 4.43. The molecule has 1 saturated heterocycles. The van der Waals surface area contributed by atoms with Crippen LogP contribution in [0.15, 0.2) is 11.0 Å². The Labute approximate surface area is 131 Å². The van der Waals surface area contributed by atoms with E-state index in [-0.39, 0.29) is 0 Å². The molecule has 1 aliphatic rings. The topological polar surface area (TPSA) is 60.9 Å². The smallest absolute Gasteiger partial charge is 0.244 e. The van der Waals surface area contributed by atoms with E-state index >= 15 is 0 Å². The second-order valence-electron chi connectivity index (χ2n) is 6.27. The Balaban J connectivity index is 2.06. The number of hydrogen-bond acceptors (Lipinski definition) is 5. The number of rotatable bonds is 4. The highest BCUT2D eigenvalue weighted by molar-refractivity contribution is 7.89. The maximum atomic E-state index is 12.7. The van der Waals surface area contributed by atoms with Crippen LogP contribution in [0.5, 0.6) is 0 Å². The average Bonchev–Trinajstić information content (AvgIpc) is 2.68. The van der Waals surface area contributed by atoms with Gasteiger partial charge in [-0.1, -0.05) is 0 Å². The normalized spacial score (nSPS) is 19.1. The number of sulfonamides is 1. The van der Waals surface area contributed by atoms with E-state index in [9.17, 15) is 13.5 Å². The molecule has 0 atom stereocenters. The highest BCUT2D eigenvalue weighted by Crippen LogP contribution is 2.28. The molecule has 2 rings (SSSR count). The van der Waals surface area contributed by atoms with Crippen molar-refractivity contribution >= 4 is 21.4 Å². The molecule has 1 aromatic rings. The number of aryl methyl sites for hydroxylation is 2. The van der Waals surface area contributed by atoms with Crippen LogP contribution in [0.25, 0.3) is 0 Å². The molecule has 2 heterocycles. The molecule has 0 aromatic carbocycles. The van der Waals surface area contributed by atoms with Crippen molar-refractivity contribution in [1.82, 2.24) is 9.21 Å². The molecule has 1 aliphatic heterocycles. The van der Waals surface area contributed by atoms with Gasteiger partial charge in [0, 0.05) is 42.5 Å². The molecule has 21 heavy (non-hydrogen) atoms. The summed E-state index contributed by atoms with van der Waals surface area (Å²) in [5.74, 6) is 0. The van der Waals surface area contributed by atoms with E-state index in [4.69, 9.17) is 0 Å². The SMILES string of the molecule is Cc1cc(S(=O)(=O)N2CCN(CC(C)(C)O)CC2)c(C)s1. The number of thiophene rings is 1. The molecule has 0 bridgehead atoms. The Kier molecular flexibility index (Phi) is 4.80. The number of hydrogen-bond donors (Lipinski definition) is 1. The van der Waals surface area contributed by atoms with Crippen molar-refractivity contribution in [2.45, 2.75) is 38.2 Å². The van der Waals surface area contributed by atoms with Gasteiger partial charge in [0.25, 0.3) is 0 Å². The molecule has 0 amide bonds. The summed E-state index contributed by atoms with van der Waals surface area (Å²) in [6, 6.07) is 1.76. The number of piperazine rings is 1. The molecular weight excluding hydrogens is 308 g/mol. The third kappa shape index (κ3) is 4.04. The van der Waals surface area contributed by atoms with E-state index in [0.29, 0.717) is 37.6 Å². The van der Waals surface area contributed by atoms with Gasteiger partial charge in [-0.05, 0) is 33.8 Å². The minimum absolute atomic E-state index is 0.445. The van der Waals surface area contributed by atoms with Crippen LogP contribution < -0.4 is 0 Å². The minimum atomic E-state index is -3.38. The molecule has 0 unspecified atom stereocenters. The summed E-state index contributed by atoms with van der Waals surface area (Å²) in [6.45, 7) is 10.2. The Morgan fingerprint density at radius 1 is 1.24 bits per heavy atom. The van der Waals surface area contributed by atoms with Crippen LogP contribution in [0.2, 0.25) is 0 Å². The van der Waals surface area contributed by atoms with Crippen LogP contribution in [0, 0.1) is 13.8 Å². The van der Waals surface area contributed by atoms with Crippen LogP contribution in [0.3, 0.4) is 0 Å². The molecule has 1 fully saturated rings. The van der Waals surface area contributed by atoms with Gasteiger partial charge in [-0.3, -0.25) is 4.90 Å². The first-order chi connectivity index (χ1) is 9.59. The quantitative estimate of drug-likeness (QED) is 0.906. The van der Waals surface area contributed by atoms with E-state index in [1.165, 1.54) is 11.3 Å². The van der Waals surface area contributed by atoms with Crippen molar-refractivity contribution in [2.75, 3.05) is 32.7 Å². The Hall–Kier alpha value is -0.470. The predicted octanol–water partition coefficient (Wildman–Crippen LogP) is 1.44. The van der Waals surface area contributed by atoms with Gasteiger partial charge in [0.15, 0.2) is 0 Å². The Morgan fingerprint density at radius 2 is 1.81 bits per heavy atom. The molecule has 7 heteroatoms. The fraction of sp³-hybridized carbons (Fsp3) is 0.714. The monoisotopic (exact) mass is 332 g/mol. The van der Waals surface area contributed by atoms with Gasteiger partial charge in [0.2, 0.25) is 10.0 Å². The van der Waals surface area contributed by atoms with Gasteiger partial charge in [-0.2, -0.15) is 4.31 Å². The summed E-state index contributed by atoms with van der Waals surface area (Å²) in [5, 5.41) is 9.84. The van der Waals surface area contributed by atoms with Crippen molar-refractivity contribution in [3.05, 3.63) is 15.8 Å². The van der Waals surface area contributed by atoms with Crippen molar-refractivity contribution in [1.29, 1.82) is 0 Å². The third-order valence-electron chi connectivity index (χ3n) is 3.56. The average molecular weight is 332 g/mol. The van der Waals surface area contributed by atoms with Crippen LogP contribution in [-0.2, 0) is 10.0 Å². The van der Waals surface area contributed by atoms with Crippen LogP contribution >= 0.6 is 11.3 Å². The number of aliphatic hydroxyl groups is 1. The summed E-state index contributed by atoms with van der Waals surface area (Å²) in [6.07, 6.45) is 0. The zero-order valence-corrected chi connectivity index (χ0v) is 14.7. The standard InChI is InChI=1S/C14H24N2O3S2/c1-11-9-13(12(2)20-11)21(18,19)16-7-5-15(6-8-16)10-14(3,4)17/h9,17H,5-8,10H2,1-4H3. The number of β-amino-alcohol motifs (C(OH)–C–C–N with tert-alkyl or cyclic N) is 1. The van der Waals surface area contributed by atoms with Gasteiger partial charge in [0.05, 0.1) is 10.5 Å². The van der Waals surface area contributed by atoms with Crippen molar-refractivity contribution < 1.29 is 13.5 Å². The van der Waals surface area contributed by atoms with E-state index in [2.05, 4.69) is 4.90 Å². The van der Waals surface area contributed by atoms with E-state index in [1.54, 1.807) is 24.2 Å².